The van der Waals surface area contributed by atoms with Crippen LogP contribution in [-0.4, -0.2) is 46.8 Å². The lowest BCUT2D eigenvalue weighted by Crippen LogP contribution is -2.57. The maximum Gasteiger partial charge on any atom is 0.235 e. The van der Waals surface area contributed by atoms with Gasteiger partial charge in [0.1, 0.15) is 0 Å². The topological polar surface area (TPSA) is 79.3 Å². The van der Waals surface area contributed by atoms with Crippen LogP contribution in [0, 0.1) is 0 Å². The van der Waals surface area contributed by atoms with Crippen LogP contribution in [0.3, 0.4) is 0 Å². The third-order valence-corrected chi connectivity index (χ3v) is 5.37. The van der Waals surface area contributed by atoms with Gasteiger partial charge in [0.2, 0.25) is 11.8 Å². The van der Waals surface area contributed by atoms with E-state index in [9.17, 15) is 9.59 Å². The second-order valence-electron chi connectivity index (χ2n) is 7.95. The Morgan fingerprint density at radius 1 is 1.27 bits per heavy atom. The lowest BCUT2D eigenvalue weighted by Gasteiger charge is -2.40. The quantitative estimate of drug-likeness (QED) is 0.794. The molecule has 0 aliphatic carbocycles. The molecule has 2 N–H and O–H groups in total. The molecule has 2 saturated heterocycles. The van der Waals surface area contributed by atoms with Crippen molar-refractivity contribution in [3.8, 4) is 0 Å². The van der Waals surface area contributed by atoms with Crippen molar-refractivity contribution in [2.45, 2.75) is 38.1 Å². The molecule has 0 radical (unpaired) electrons. The van der Waals surface area contributed by atoms with Gasteiger partial charge in [-0.2, -0.15) is 5.10 Å². The highest BCUT2D eigenvalue weighted by Crippen LogP contribution is 2.32. The van der Waals surface area contributed by atoms with Crippen LogP contribution in [0.2, 0.25) is 0 Å². The molecule has 0 bridgehead atoms. The Morgan fingerprint density at radius 3 is 2.81 bits per heavy atom. The van der Waals surface area contributed by atoms with Gasteiger partial charge in [0, 0.05) is 49.7 Å². The number of hydrogen-bond donors (Lipinski definition) is 2. The fourth-order valence-electron chi connectivity index (χ4n) is 4.04. The highest BCUT2D eigenvalue weighted by atomic mass is 16.2. The number of nitrogens with one attached hydrogen (secondary N) is 2. The Bertz CT molecular complexity index is 885. The molecule has 1 aromatic carbocycles. The first-order chi connectivity index (χ1) is 12.3. The van der Waals surface area contributed by atoms with Crippen molar-refractivity contribution < 1.29 is 9.59 Å². The molecule has 0 spiro atoms. The molecule has 4 rings (SSSR count). The van der Waals surface area contributed by atoms with Gasteiger partial charge < -0.3 is 10.2 Å². The van der Waals surface area contributed by atoms with Crippen LogP contribution in [0.15, 0.2) is 18.2 Å². The van der Waals surface area contributed by atoms with Crippen LogP contribution < -0.4 is 15.5 Å². The summed E-state index contributed by atoms with van der Waals surface area (Å²) < 4.78 is 1.84. The zero-order valence-electron chi connectivity index (χ0n) is 15.5. The van der Waals surface area contributed by atoms with Crippen LogP contribution in [0.25, 0.3) is 10.9 Å². The minimum absolute atomic E-state index is 0.0809. The maximum atomic E-state index is 12.2. The standard InChI is InChI=1S/C19H25N5O2/c1-19(2)11-24(9-8-20-19)12-4-5-13-15(10-12)23(3)22-17(13)14-6-7-16(25)21-18(14)26/h4-5,10,14,20H,6-9,11H2,1-3H3,(H,21,25,26). The van der Waals surface area contributed by atoms with E-state index in [4.69, 9.17) is 0 Å². The van der Waals surface area contributed by atoms with Crippen LogP contribution in [0.4, 0.5) is 5.69 Å². The van der Waals surface area contributed by atoms with Gasteiger partial charge in [0.25, 0.3) is 0 Å². The van der Waals surface area contributed by atoms with E-state index in [0.717, 1.165) is 36.2 Å². The van der Waals surface area contributed by atoms with E-state index in [-0.39, 0.29) is 23.3 Å². The Kier molecular flexibility index (Phi) is 3.99. The van der Waals surface area contributed by atoms with E-state index < -0.39 is 0 Å². The molecule has 2 amide bonds. The van der Waals surface area contributed by atoms with E-state index in [1.54, 1.807) is 0 Å². The zero-order chi connectivity index (χ0) is 18.5. The number of rotatable bonds is 2. The summed E-state index contributed by atoms with van der Waals surface area (Å²) in [4.78, 5) is 26.1. The van der Waals surface area contributed by atoms with Crippen LogP contribution in [0.5, 0.6) is 0 Å². The minimum atomic E-state index is -0.361. The first-order valence-electron chi connectivity index (χ1n) is 9.14. The number of fused-ring (bicyclic) bond motifs is 1. The first kappa shape index (κ1) is 17.0. The number of nitrogens with zero attached hydrogens (tertiary/aromatic N) is 3. The first-order valence-corrected chi connectivity index (χ1v) is 9.14. The van der Waals surface area contributed by atoms with E-state index in [2.05, 4.69) is 52.7 Å². The molecule has 2 aliphatic heterocycles. The van der Waals surface area contributed by atoms with Gasteiger partial charge >= 0.3 is 0 Å². The normalized spacial score (nSPS) is 23.3. The van der Waals surface area contributed by atoms with Crippen LogP contribution >= 0.6 is 0 Å². The predicted octanol–water partition coefficient (Wildman–Crippen LogP) is 1.28. The predicted molar refractivity (Wildman–Crippen MR) is 100 cm³/mol. The number of aromatic nitrogens is 2. The van der Waals surface area contributed by atoms with E-state index >= 15 is 0 Å². The summed E-state index contributed by atoms with van der Waals surface area (Å²) in [7, 11) is 1.91. The fourth-order valence-corrected chi connectivity index (χ4v) is 4.04. The van der Waals surface area contributed by atoms with Gasteiger partial charge in [0.05, 0.1) is 17.1 Å². The number of hydrogen-bond acceptors (Lipinski definition) is 5. The average Bonchev–Trinajstić information content (AvgIpc) is 2.90. The van der Waals surface area contributed by atoms with Crippen molar-refractivity contribution in [3.05, 3.63) is 23.9 Å². The van der Waals surface area contributed by atoms with Crippen molar-refractivity contribution in [2.75, 3.05) is 24.5 Å². The molecule has 1 aromatic heterocycles. The Balaban J connectivity index is 1.69. The maximum absolute atomic E-state index is 12.2. The number of carbonyl (C=O) groups excluding carboxylic acids is 2. The zero-order valence-corrected chi connectivity index (χ0v) is 15.5. The second kappa shape index (κ2) is 6.09. The number of benzene rings is 1. The van der Waals surface area contributed by atoms with Crippen molar-refractivity contribution in [2.24, 2.45) is 7.05 Å². The monoisotopic (exact) mass is 355 g/mol. The van der Waals surface area contributed by atoms with Gasteiger partial charge in [0.15, 0.2) is 0 Å². The third-order valence-electron chi connectivity index (χ3n) is 5.37. The molecule has 26 heavy (non-hydrogen) atoms. The highest BCUT2D eigenvalue weighted by Gasteiger charge is 2.32. The molecule has 2 aromatic rings. The van der Waals surface area contributed by atoms with Crippen LogP contribution in [0.1, 0.15) is 38.3 Å². The number of aryl methyl sites for hydroxylation is 1. The number of carbonyl (C=O) groups is 2. The number of imide groups is 1. The fraction of sp³-hybridized carbons (Fsp3) is 0.526. The van der Waals surface area contributed by atoms with Gasteiger partial charge in [-0.15, -0.1) is 0 Å². The Hall–Kier alpha value is -2.41. The summed E-state index contributed by atoms with van der Waals surface area (Å²) in [6, 6.07) is 6.33. The molecule has 1 unspecified atom stereocenters. The summed E-state index contributed by atoms with van der Waals surface area (Å²) in [5, 5.41) is 11.6. The van der Waals surface area contributed by atoms with Gasteiger partial charge in [-0.1, -0.05) is 0 Å². The number of piperidine rings is 1. The minimum Gasteiger partial charge on any atom is -0.368 e. The third kappa shape index (κ3) is 2.96. The summed E-state index contributed by atoms with van der Waals surface area (Å²) in [6.45, 7) is 7.28. The molecular formula is C19H25N5O2. The Morgan fingerprint density at radius 2 is 2.08 bits per heavy atom. The van der Waals surface area contributed by atoms with E-state index in [1.807, 2.05) is 11.7 Å². The molecule has 2 aliphatic rings. The Labute approximate surface area is 152 Å². The van der Waals surface area contributed by atoms with Crippen molar-refractivity contribution >= 4 is 28.4 Å². The van der Waals surface area contributed by atoms with Crippen molar-refractivity contribution in [3.63, 3.8) is 0 Å². The number of amides is 2. The molecule has 1 atom stereocenters. The molecule has 138 valence electrons. The molecule has 7 heteroatoms. The second-order valence-corrected chi connectivity index (χ2v) is 7.95. The van der Waals surface area contributed by atoms with Crippen molar-refractivity contribution in [1.29, 1.82) is 0 Å². The molecular weight excluding hydrogens is 330 g/mol. The van der Waals surface area contributed by atoms with Crippen molar-refractivity contribution in [1.82, 2.24) is 20.4 Å². The molecule has 0 saturated carbocycles. The number of anilines is 1. The smallest absolute Gasteiger partial charge is 0.235 e. The lowest BCUT2D eigenvalue weighted by atomic mass is 9.92. The van der Waals surface area contributed by atoms with Gasteiger partial charge in [-0.25, -0.2) is 0 Å². The van der Waals surface area contributed by atoms with Gasteiger partial charge in [-0.05, 0) is 38.5 Å². The SMILES string of the molecule is Cn1nc(C2CCC(=O)NC2=O)c2ccc(N3CCNC(C)(C)C3)cc21. The van der Waals surface area contributed by atoms with Gasteiger partial charge in [-0.3, -0.25) is 19.6 Å². The molecule has 2 fully saturated rings. The van der Waals surface area contributed by atoms with Crippen LogP contribution in [-0.2, 0) is 16.6 Å². The summed E-state index contributed by atoms with van der Waals surface area (Å²) >= 11 is 0. The summed E-state index contributed by atoms with van der Waals surface area (Å²) in [5.74, 6) is -0.801. The molecule has 7 nitrogen and oxygen atoms in total. The lowest BCUT2D eigenvalue weighted by molar-refractivity contribution is -0.134. The van der Waals surface area contributed by atoms with E-state index in [0.29, 0.717) is 12.8 Å². The average molecular weight is 355 g/mol. The highest BCUT2D eigenvalue weighted by molar-refractivity contribution is 6.02. The number of piperazine rings is 1. The summed E-state index contributed by atoms with van der Waals surface area (Å²) in [5.41, 5.74) is 3.03. The largest absolute Gasteiger partial charge is 0.368 e. The van der Waals surface area contributed by atoms with E-state index in [1.165, 1.54) is 5.69 Å². The summed E-state index contributed by atoms with van der Waals surface area (Å²) in [6.07, 6.45) is 0.882. The molecule has 3 heterocycles.